The molecule has 0 amide bonds. The Balaban J connectivity index is 2.39. The van der Waals surface area contributed by atoms with E-state index in [9.17, 15) is 0 Å². The van der Waals surface area contributed by atoms with Crippen molar-refractivity contribution >= 4 is 16.5 Å². The number of aromatic nitrogens is 2. The molecule has 0 bridgehead atoms. The molecule has 86 valence electrons. The zero-order chi connectivity index (χ0) is 11.3. The lowest BCUT2D eigenvalue weighted by Gasteiger charge is -2.07. The Morgan fingerprint density at radius 1 is 1.27 bits per heavy atom. The average Bonchev–Trinajstić information content (AvgIpc) is 2.61. The molecule has 4 heteroatoms. The van der Waals surface area contributed by atoms with Gasteiger partial charge in [0.25, 0.3) is 0 Å². The van der Waals surface area contributed by atoms with Gasteiger partial charge >= 0.3 is 0 Å². The third kappa shape index (κ3) is 4.60. The molecule has 0 fully saturated rings. The molecule has 3 nitrogen and oxygen atoms in total. The lowest BCUT2D eigenvalue weighted by atomic mass is 10.1. The van der Waals surface area contributed by atoms with E-state index in [-0.39, 0.29) is 0 Å². The molecular formula is C11H21N3S. The van der Waals surface area contributed by atoms with Gasteiger partial charge < -0.3 is 5.32 Å². The van der Waals surface area contributed by atoms with E-state index in [1.165, 1.54) is 6.42 Å². The van der Waals surface area contributed by atoms with Crippen molar-refractivity contribution in [1.29, 1.82) is 0 Å². The lowest BCUT2D eigenvalue weighted by molar-refractivity contribution is 0.593. The summed E-state index contributed by atoms with van der Waals surface area (Å²) in [6.45, 7) is 9.84. The Bertz CT molecular complexity index is 283. The van der Waals surface area contributed by atoms with Gasteiger partial charge in [0, 0.05) is 13.0 Å². The van der Waals surface area contributed by atoms with Crippen LogP contribution in [0.25, 0.3) is 0 Å². The van der Waals surface area contributed by atoms with Gasteiger partial charge in [-0.3, -0.25) is 0 Å². The molecule has 15 heavy (non-hydrogen) atoms. The van der Waals surface area contributed by atoms with E-state index in [1.54, 1.807) is 11.3 Å². The predicted octanol–water partition coefficient (Wildman–Crippen LogP) is 3.19. The molecule has 0 aliphatic rings. The van der Waals surface area contributed by atoms with E-state index >= 15 is 0 Å². The van der Waals surface area contributed by atoms with Crippen LogP contribution in [-0.2, 0) is 6.42 Å². The Hall–Kier alpha value is -0.640. The maximum Gasteiger partial charge on any atom is 0.205 e. The zero-order valence-electron chi connectivity index (χ0n) is 10.1. The highest BCUT2D eigenvalue weighted by Crippen LogP contribution is 2.18. The summed E-state index contributed by atoms with van der Waals surface area (Å²) < 4.78 is 0. The number of nitrogens with one attached hydrogen (secondary N) is 1. The molecular weight excluding hydrogens is 206 g/mol. The van der Waals surface area contributed by atoms with Crippen LogP contribution in [0.4, 0.5) is 5.13 Å². The third-order valence-electron chi connectivity index (χ3n) is 2.35. The molecule has 0 aliphatic carbocycles. The second-order valence-corrected chi connectivity index (χ2v) is 5.56. The second kappa shape index (κ2) is 6.05. The first-order valence-corrected chi connectivity index (χ1v) is 6.49. The first-order valence-electron chi connectivity index (χ1n) is 5.68. The Morgan fingerprint density at radius 3 is 2.60 bits per heavy atom. The first kappa shape index (κ1) is 12.4. The molecule has 0 saturated heterocycles. The van der Waals surface area contributed by atoms with Gasteiger partial charge in [0.1, 0.15) is 5.01 Å². The van der Waals surface area contributed by atoms with E-state index in [4.69, 9.17) is 0 Å². The minimum absolute atomic E-state index is 0.653. The van der Waals surface area contributed by atoms with E-state index in [2.05, 4.69) is 43.2 Å². The Morgan fingerprint density at radius 2 is 2.00 bits per heavy atom. The monoisotopic (exact) mass is 227 g/mol. The Kier molecular flexibility index (Phi) is 5.02. The van der Waals surface area contributed by atoms with Crippen LogP contribution in [-0.4, -0.2) is 16.7 Å². The van der Waals surface area contributed by atoms with Gasteiger partial charge in [0.2, 0.25) is 5.13 Å². The number of hydrogen-bond donors (Lipinski definition) is 1. The number of hydrogen-bond acceptors (Lipinski definition) is 4. The fourth-order valence-electron chi connectivity index (χ4n) is 1.16. The molecule has 1 atom stereocenters. The van der Waals surface area contributed by atoms with Crippen LogP contribution in [0.15, 0.2) is 0 Å². The largest absolute Gasteiger partial charge is 0.360 e. The number of nitrogens with zero attached hydrogens (tertiary/aromatic N) is 2. The topological polar surface area (TPSA) is 37.8 Å². The summed E-state index contributed by atoms with van der Waals surface area (Å²) in [5.41, 5.74) is 0. The summed E-state index contributed by atoms with van der Waals surface area (Å²) in [4.78, 5) is 0. The molecule has 0 spiro atoms. The highest BCUT2D eigenvalue weighted by Gasteiger charge is 2.06. The maximum atomic E-state index is 4.17. The highest BCUT2D eigenvalue weighted by molar-refractivity contribution is 7.15. The van der Waals surface area contributed by atoms with Crippen molar-refractivity contribution in [3.05, 3.63) is 5.01 Å². The minimum atomic E-state index is 0.653. The van der Waals surface area contributed by atoms with Gasteiger partial charge in [-0.1, -0.05) is 45.5 Å². The fraction of sp³-hybridized carbons (Fsp3) is 0.818. The van der Waals surface area contributed by atoms with Crippen LogP contribution in [0.2, 0.25) is 0 Å². The van der Waals surface area contributed by atoms with Gasteiger partial charge in [-0.15, -0.1) is 10.2 Å². The molecule has 1 aromatic heterocycles. The quantitative estimate of drug-likeness (QED) is 0.811. The number of rotatable bonds is 6. The van der Waals surface area contributed by atoms with Gasteiger partial charge in [-0.05, 0) is 11.8 Å². The van der Waals surface area contributed by atoms with Gasteiger partial charge in [0.15, 0.2) is 0 Å². The molecule has 1 aromatic rings. The summed E-state index contributed by atoms with van der Waals surface area (Å²) in [6, 6.07) is 0. The maximum absolute atomic E-state index is 4.17. The van der Waals surface area contributed by atoms with Crippen LogP contribution in [0.5, 0.6) is 0 Å². The molecule has 0 aliphatic heterocycles. The normalized spacial score (nSPS) is 13.1. The van der Waals surface area contributed by atoms with Crippen molar-refractivity contribution < 1.29 is 0 Å². The summed E-state index contributed by atoms with van der Waals surface area (Å²) >= 11 is 1.68. The summed E-state index contributed by atoms with van der Waals surface area (Å²) in [5, 5.41) is 13.7. The summed E-state index contributed by atoms with van der Waals surface area (Å²) in [6.07, 6.45) is 2.23. The lowest BCUT2D eigenvalue weighted by Crippen LogP contribution is -2.09. The van der Waals surface area contributed by atoms with Gasteiger partial charge in [-0.25, -0.2) is 0 Å². The van der Waals surface area contributed by atoms with Crippen molar-refractivity contribution in [2.24, 2.45) is 11.8 Å². The van der Waals surface area contributed by atoms with Crippen LogP contribution >= 0.6 is 11.3 Å². The van der Waals surface area contributed by atoms with Crippen molar-refractivity contribution in [2.75, 3.05) is 11.9 Å². The smallest absolute Gasteiger partial charge is 0.205 e. The standard InChI is InChI=1S/C11H21N3S/c1-5-9(4)7-12-11-14-13-10(15-11)6-8(2)3/h8-9H,5-7H2,1-4H3,(H,12,14). The average molecular weight is 227 g/mol. The van der Waals surface area contributed by atoms with E-state index in [0.29, 0.717) is 11.8 Å². The van der Waals surface area contributed by atoms with Crippen LogP contribution in [0, 0.1) is 11.8 Å². The second-order valence-electron chi connectivity index (χ2n) is 4.49. The molecule has 0 saturated carbocycles. The van der Waals surface area contributed by atoms with Crippen molar-refractivity contribution in [1.82, 2.24) is 10.2 Å². The SMILES string of the molecule is CCC(C)CNc1nnc(CC(C)C)s1. The molecule has 1 rings (SSSR count). The molecule has 1 N–H and O–H groups in total. The highest BCUT2D eigenvalue weighted by atomic mass is 32.1. The molecule has 1 unspecified atom stereocenters. The predicted molar refractivity (Wildman–Crippen MR) is 66.4 cm³/mol. The third-order valence-corrected chi connectivity index (χ3v) is 3.25. The van der Waals surface area contributed by atoms with Gasteiger partial charge in [-0.2, -0.15) is 0 Å². The van der Waals surface area contributed by atoms with Crippen LogP contribution in [0.3, 0.4) is 0 Å². The molecule has 0 aromatic carbocycles. The molecule has 0 radical (unpaired) electrons. The van der Waals surface area contributed by atoms with E-state index in [0.717, 1.165) is 23.1 Å². The minimum Gasteiger partial charge on any atom is -0.360 e. The van der Waals surface area contributed by atoms with Crippen molar-refractivity contribution in [2.45, 2.75) is 40.5 Å². The van der Waals surface area contributed by atoms with Gasteiger partial charge in [0.05, 0.1) is 0 Å². The van der Waals surface area contributed by atoms with Crippen molar-refractivity contribution in [3.63, 3.8) is 0 Å². The molecule has 1 heterocycles. The van der Waals surface area contributed by atoms with E-state index in [1.807, 2.05) is 0 Å². The number of anilines is 1. The summed E-state index contributed by atoms with van der Waals surface area (Å²) in [7, 11) is 0. The van der Waals surface area contributed by atoms with Crippen LogP contribution < -0.4 is 5.32 Å². The first-order chi connectivity index (χ1) is 7.11. The van der Waals surface area contributed by atoms with Crippen molar-refractivity contribution in [3.8, 4) is 0 Å². The van der Waals surface area contributed by atoms with E-state index < -0.39 is 0 Å². The zero-order valence-corrected chi connectivity index (χ0v) is 10.9. The Labute approximate surface area is 96.3 Å². The fourth-order valence-corrected chi connectivity index (χ4v) is 2.12. The summed E-state index contributed by atoms with van der Waals surface area (Å²) in [5.74, 6) is 1.35. The van der Waals surface area contributed by atoms with Crippen LogP contribution in [0.1, 0.15) is 39.1 Å².